The van der Waals surface area contributed by atoms with Crippen molar-refractivity contribution in [1.82, 2.24) is 25.3 Å². The van der Waals surface area contributed by atoms with E-state index >= 15 is 0 Å². The molecule has 0 radical (unpaired) electrons. The summed E-state index contributed by atoms with van der Waals surface area (Å²) in [5, 5.41) is 3.04. The highest BCUT2D eigenvalue weighted by Gasteiger charge is 2.32. The number of ether oxygens (including phenoxy) is 2. The summed E-state index contributed by atoms with van der Waals surface area (Å²) < 4.78 is 25.6. The molecule has 166 valence electrons. The van der Waals surface area contributed by atoms with Gasteiger partial charge in [0.25, 0.3) is 11.8 Å². The monoisotopic (exact) mass is 438 g/mol. The number of hydrogen-bond acceptors (Lipinski definition) is 8. The van der Waals surface area contributed by atoms with Gasteiger partial charge >= 0.3 is 0 Å². The van der Waals surface area contributed by atoms with Crippen LogP contribution in [0.25, 0.3) is 0 Å². The molecule has 1 fully saturated rings. The van der Waals surface area contributed by atoms with Crippen LogP contribution in [0.2, 0.25) is 0 Å². The summed E-state index contributed by atoms with van der Waals surface area (Å²) in [6, 6.07) is 4.75. The van der Waals surface area contributed by atoms with Crippen molar-refractivity contribution < 1.29 is 18.7 Å². The van der Waals surface area contributed by atoms with Gasteiger partial charge in [-0.3, -0.25) is 9.78 Å². The second kappa shape index (κ2) is 10.1. The summed E-state index contributed by atoms with van der Waals surface area (Å²) >= 11 is 0. The predicted molar refractivity (Wildman–Crippen MR) is 115 cm³/mol. The van der Waals surface area contributed by atoms with Gasteiger partial charge in [0.15, 0.2) is 5.75 Å². The van der Waals surface area contributed by atoms with E-state index in [1.165, 1.54) is 36.0 Å². The summed E-state index contributed by atoms with van der Waals surface area (Å²) in [6.45, 7) is 3.03. The van der Waals surface area contributed by atoms with Crippen LogP contribution in [0.4, 0.5) is 10.1 Å². The molecule has 0 unspecified atom stereocenters. The minimum atomic E-state index is -1.06. The lowest BCUT2D eigenvalue weighted by atomic mass is 10.0. The molecule has 1 N–H and O–H groups in total. The first-order valence-corrected chi connectivity index (χ1v) is 10.3. The number of aromatic nitrogens is 4. The Bertz CT molecular complexity index is 1050. The maximum Gasteiger partial charge on any atom is 0.262 e. The molecule has 0 spiro atoms. The van der Waals surface area contributed by atoms with E-state index in [4.69, 9.17) is 9.47 Å². The maximum absolute atomic E-state index is 14.2. The summed E-state index contributed by atoms with van der Waals surface area (Å²) in [7, 11) is 0. The van der Waals surface area contributed by atoms with Crippen molar-refractivity contribution in [1.29, 1.82) is 0 Å². The van der Waals surface area contributed by atoms with Crippen LogP contribution in [0, 0.1) is 0 Å². The van der Waals surface area contributed by atoms with Gasteiger partial charge in [0.05, 0.1) is 36.3 Å². The Morgan fingerprint density at radius 1 is 1.22 bits per heavy atom. The van der Waals surface area contributed by atoms with Crippen LogP contribution in [0.1, 0.15) is 23.7 Å². The molecule has 3 aromatic rings. The minimum Gasteiger partial charge on any atom is -0.488 e. The summed E-state index contributed by atoms with van der Waals surface area (Å²) in [6.07, 6.45) is 7.99. The van der Waals surface area contributed by atoms with Crippen molar-refractivity contribution in [2.45, 2.75) is 25.6 Å². The molecule has 0 aliphatic carbocycles. The van der Waals surface area contributed by atoms with E-state index in [0.29, 0.717) is 35.9 Å². The molecule has 4 rings (SSSR count). The molecule has 1 saturated heterocycles. The zero-order valence-corrected chi connectivity index (χ0v) is 17.5. The number of nitrogens with zero attached hydrogens (tertiary/aromatic N) is 5. The van der Waals surface area contributed by atoms with E-state index in [-0.39, 0.29) is 24.8 Å². The average molecular weight is 438 g/mol. The number of pyridine rings is 2. The molecule has 1 amide bonds. The number of hydrogen-bond donors (Lipinski definition) is 1. The molecule has 32 heavy (non-hydrogen) atoms. The third-order valence-electron chi connectivity index (χ3n) is 4.89. The van der Waals surface area contributed by atoms with Gasteiger partial charge in [-0.2, -0.15) is 0 Å². The number of alkyl halides is 1. The van der Waals surface area contributed by atoms with Crippen molar-refractivity contribution in [2.24, 2.45) is 0 Å². The first-order valence-electron chi connectivity index (χ1n) is 10.3. The van der Waals surface area contributed by atoms with E-state index in [1.54, 1.807) is 24.4 Å². The lowest BCUT2D eigenvalue weighted by Gasteiger charge is -2.35. The van der Waals surface area contributed by atoms with Gasteiger partial charge in [-0.15, -0.1) is 0 Å². The summed E-state index contributed by atoms with van der Waals surface area (Å²) in [5.41, 5.74) is 0.759. The molecular weight excluding hydrogens is 415 g/mol. The molecule has 0 bridgehead atoms. The molecule has 9 nitrogen and oxygen atoms in total. The van der Waals surface area contributed by atoms with Gasteiger partial charge in [0.2, 0.25) is 0 Å². The normalized spacial score (nSPS) is 18.1. The minimum absolute atomic E-state index is 0.201. The lowest BCUT2D eigenvalue weighted by Crippen LogP contribution is -2.52. The van der Waals surface area contributed by atoms with Gasteiger partial charge in [0.1, 0.15) is 18.2 Å². The second-order valence-corrected chi connectivity index (χ2v) is 7.17. The van der Waals surface area contributed by atoms with E-state index in [9.17, 15) is 9.18 Å². The zero-order valence-electron chi connectivity index (χ0n) is 17.5. The number of amides is 1. The molecule has 3 aromatic heterocycles. The van der Waals surface area contributed by atoms with Crippen molar-refractivity contribution >= 4 is 11.6 Å². The van der Waals surface area contributed by atoms with Gasteiger partial charge in [0, 0.05) is 44.2 Å². The van der Waals surface area contributed by atoms with Crippen molar-refractivity contribution in [3.8, 4) is 17.4 Å². The highest BCUT2D eigenvalue weighted by molar-refractivity contribution is 6.06. The van der Waals surface area contributed by atoms with E-state index in [2.05, 4.69) is 25.3 Å². The molecule has 1 aliphatic rings. The van der Waals surface area contributed by atoms with Crippen molar-refractivity contribution in [2.75, 3.05) is 24.6 Å². The zero-order chi connectivity index (χ0) is 22.3. The third kappa shape index (κ3) is 4.97. The number of rotatable bonds is 7. The summed E-state index contributed by atoms with van der Waals surface area (Å²) in [5.74, 6) is 0.792. The standard InChI is InChI=1S/C22H23FN6O3/c1-2-31-20-4-3-5-28-21(20)32-19-7-18(12-25-13-19)29(17-6-16(23)10-24-11-17)22(30)15-8-26-14-27-9-15/h3-5,7-9,12-14,16-17,24H,2,6,10-11H2,1H3/t16-,17-/m0/s1. The number of carbonyl (C=O) groups is 1. The highest BCUT2D eigenvalue weighted by atomic mass is 19.1. The van der Waals surface area contributed by atoms with Gasteiger partial charge in [-0.1, -0.05) is 0 Å². The van der Waals surface area contributed by atoms with E-state index in [1.807, 2.05) is 6.92 Å². The molecule has 2 atom stereocenters. The van der Waals surface area contributed by atoms with Gasteiger partial charge in [-0.25, -0.2) is 19.3 Å². The largest absolute Gasteiger partial charge is 0.488 e. The van der Waals surface area contributed by atoms with Gasteiger partial charge in [-0.05, 0) is 19.1 Å². The number of anilines is 1. The summed E-state index contributed by atoms with van der Waals surface area (Å²) in [4.78, 5) is 31.2. The Balaban J connectivity index is 1.66. The van der Waals surface area contributed by atoms with E-state index in [0.717, 1.165) is 0 Å². The Morgan fingerprint density at radius 2 is 2.06 bits per heavy atom. The molecule has 0 saturated carbocycles. The Kier molecular flexibility index (Phi) is 6.81. The van der Waals surface area contributed by atoms with Gasteiger partial charge < -0.3 is 19.7 Å². The molecule has 0 aromatic carbocycles. The lowest BCUT2D eigenvalue weighted by molar-refractivity contribution is 0.0964. The molecule has 10 heteroatoms. The Labute approximate surface area is 184 Å². The van der Waals surface area contributed by atoms with Crippen LogP contribution in [0.15, 0.2) is 55.5 Å². The first kappa shape index (κ1) is 21.6. The quantitative estimate of drug-likeness (QED) is 0.601. The second-order valence-electron chi connectivity index (χ2n) is 7.17. The SMILES string of the molecule is CCOc1cccnc1Oc1cncc(N(C(=O)c2cncnc2)[C@@H]2CNC[C@@H](F)C2)c1. The highest BCUT2D eigenvalue weighted by Crippen LogP contribution is 2.32. The van der Waals surface area contributed by atoms with E-state index < -0.39 is 12.2 Å². The molecule has 1 aliphatic heterocycles. The van der Waals surface area contributed by atoms with Crippen LogP contribution in [0.3, 0.4) is 0 Å². The first-order chi connectivity index (χ1) is 15.7. The maximum atomic E-state index is 14.2. The Hall–Kier alpha value is -3.66. The smallest absolute Gasteiger partial charge is 0.262 e. The number of piperidine rings is 1. The fourth-order valence-corrected chi connectivity index (χ4v) is 3.53. The van der Waals surface area contributed by atoms with Crippen LogP contribution in [-0.2, 0) is 0 Å². The van der Waals surface area contributed by atoms with Crippen LogP contribution in [0.5, 0.6) is 17.4 Å². The van der Waals surface area contributed by atoms with Crippen LogP contribution < -0.4 is 19.7 Å². The topological polar surface area (TPSA) is 102 Å². The molecule has 4 heterocycles. The Morgan fingerprint density at radius 3 is 2.84 bits per heavy atom. The molecular formula is C22H23FN6O3. The fraction of sp³-hybridized carbons (Fsp3) is 0.318. The van der Waals surface area contributed by atoms with Crippen molar-refractivity contribution in [3.05, 3.63) is 61.1 Å². The fourth-order valence-electron chi connectivity index (χ4n) is 3.53. The number of nitrogens with one attached hydrogen (secondary N) is 1. The van der Waals surface area contributed by atoms with Crippen LogP contribution >= 0.6 is 0 Å². The number of carbonyl (C=O) groups excluding carboxylic acids is 1. The third-order valence-corrected chi connectivity index (χ3v) is 4.89. The predicted octanol–water partition coefficient (Wildman–Crippen LogP) is 2.80. The van der Waals surface area contributed by atoms with Crippen LogP contribution in [-0.4, -0.2) is 57.8 Å². The average Bonchev–Trinajstić information content (AvgIpc) is 2.82. The number of halogens is 1. The van der Waals surface area contributed by atoms with Crippen molar-refractivity contribution in [3.63, 3.8) is 0 Å².